The molecule has 2 heterocycles. The van der Waals surface area contributed by atoms with Crippen LogP contribution >= 0.6 is 0 Å². The van der Waals surface area contributed by atoms with Crippen molar-refractivity contribution in [3.05, 3.63) is 30.5 Å². The third-order valence-electron chi connectivity index (χ3n) is 3.91. The highest BCUT2D eigenvalue weighted by Gasteiger charge is 2.38. The second-order valence-corrected chi connectivity index (χ2v) is 5.22. The van der Waals surface area contributed by atoms with Gasteiger partial charge < -0.3 is 14.2 Å². The molecule has 0 aliphatic heterocycles. The average molecular weight is 314 g/mol. The fourth-order valence-electron chi connectivity index (χ4n) is 2.56. The van der Waals surface area contributed by atoms with Crippen LogP contribution in [0.4, 0.5) is 0 Å². The van der Waals surface area contributed by atoms with Crippen molar-refractivity contribution in [2.24, 2.45) is 5.92 Å². The van der Waals surface area contributed by atoms with Crippen LogP contribution in [-0.2, 0) is 0 Å². The summed E-state index contributed by atoms with van der Waals surface area (Å²) in [7, 11) is 4.63. The van der Waals surface area contributed by atoms with E-state index in [4.69, 9.17) is 14.2 Å². The number of rotatable bonds is 6. The standard InChI is InChI=1S/C16H18N4O3/c1-5-9-6-10(9)11-7-13(19-20-15(11)22-3)12-8-17-16(23-4)18-14(12)21-2/h5,7-10H,1,6H2,2-4H3/t9-,10-/m0/s1. The van der Waals surface area contributed by atoms with Crippen LogP contribution in [0.15, 0.2) is 24.9 Å². The molecule has 0 spiro atoms. The van der Waals surface area contributed by atoms with Gasteiger partial charge in [0.2, 0.25) is 11.8 Å². The second kappa shape index (κ2) is 6.20. The van der Waals surface area contributed by atoms with Gasteiger partial charge in [0.05, 0.1) is 26.9 Å². The molecule has 2 aromatic heterocycles. The molecule has 0 aromatic carbocycles. The van der Waals surface area contributed by atoms with Gasteiger partial charge in [-0.1, -0.05) is 6.08 Å². The van der Waals surface area contributed by atoms with Gasteiger partial charge in [0, 0.05) is 11.8 Å². The highest BCUT2D eigenvalue weighted by molar-refractivity contribution is 5.65. The Morgan fingerprint density at radius 2 is 1.91 bits per heavy atom. The minimum Gasteiger partial charge on any atom is -0.480 e. The van der Waals surface area contributed by atoms with E-state index >= 15 is 0 Å². The normalized spacial score (nSPS) is 19.1. The molecule has 3 rings (SSSR count). The molecule has 0 saturated heterocycles. The maximum Gasteiger partial charge on any atom is 0.319 e. The topological polar surface area (TPSA) is 79.3 Å². The minimum absolute atomic E-state index is 0.237. The number of nitrogens with zero attached hydrogens (tertiary/aromatic N) is 4. The van der Waals surface area contributed by atoms with Crippen molar-refractivity contribution in [3.63, 3.8) is 0 Å². The van der Waals surface area contributed by atoms with Crippen LogP contribution < -0.4 is 14.2 Å². The molecule has 23 heavy (non-hydrogen) atoms. The Labute approximate surface area is 134 Å². The van der Waals surface area contributed by atoms with Gasteiger partial charge in [-0.05, 0) is 24.3 Å². The lowest BCUT2D eigenvalue weighted by molar-refractivity contribution is 0.353. The summed E-state index contributed by atoms with van der Waals surface area (Å²) in [5.41, 5.74) is 2.30. The summed E-state index contributed by atoms with van der Waals surface area (Å²) in [5, 5.41) is 8.38. The number of hydrogen-bond acceptors (Lipinski definition) is 7. The fraction of sp³-hybridized carbons (Fsp3) is 0.375. The summed E-state index contributed by atoms with van der Waals surface area (Å²) < 4.78 is 15.7. The third-order valence-corrected chi connectivity index (χ3v) is 3.91. The van der Waals surface area contributed by atoms with Crippen LogP contribution in [0.3, 0.4) is 0 Å². The molecule has 1 aliphatic rings. The first kappa shape index (κ1) is 15.2. The van der Waals surface area contributed by atoms with E-state index < -0.39 is 0 Å². The molecule has 2 atom stereocenters. The van der Waals surface area contributed by atoms with Crippen LogP contribution in [0.2, 0.25) is 0 Å². The van der Waals surface area contributed by atoms with Crippen LogP contribution in [-0.4, -0.2) is 41.5 Å². The molecule has 1 fully saturated rings. The fourth-order valence-corrected chi connectivity index (χ4v) is 2.56. The van der Waals surface area contributed by atoms with Crippen molar-refractivity contribution in [1.82, 2.24) is 20.2 Å². The lowest BCUT2D eigenvalue weighted by Crippen LogP contribution is -2.02. The number of allylic oxidation sites excluding steroid dienone is 1. The van der Waals surface area contributed by atoms with Gasteiger partial charge in [-0.15, -0.1) is 16.8 Å². The molecule has 2 aromatic rings. The SMILES string of the molecule is C=C[C@H]1C[C@@H]1c1cc(-c2cnc(OC)nc2OC)nnc1OC. The van der Waals surface area contributed by atoms with Crippen molar-refractivity contribution in [2.45, 2.75) is 12.3 Å². The van der Waals surface area contributed by atoms with Gasteiger partial charge in [-0.25, -0.2) is 4.98 Å². The zero-order chi connectivity index (χ0) is 16.4. The highest BCUT2D eigenvalue weighted by atomic mass is 16.5. The Hall–Kier alpha value is -2.70. The molecule has 1 saturated carbocycles. The molecule has 0 bridgehead atoms. The minimum atomic E-state index is 0.237. The Bertz CT molecular complexity index is 735. The molecular weight excluding hydrogens is 296 g/mol. The maximum atomic E-state index is 5.33. The summed E-state index contributed by atoms with van der Waals surface area (Å²) in [6.45, 7) is 3.85. The van der Waals surface area contributed by atoms with Gasteiger partial charge in [0.25, 0.3) is 0 Å². The van der Waals surface area contributed by atoms with Gasteiger partial charge in [-0.3, -0.25) is 0 Å². The predicted octanol–water partition coefficient (Wildman–Crippen LogP) is 2.25. The zero-order valence-corrected chi connectivity index (χ0v) is 13.3. The average Bonchev–Trinajstić information content (AvgIpc) is 3.40. The van der Waals surface area contributed by atoms with E-state index in [2.05, 4.69) is 26.7 Å². The molecule has 0 amide bonds. The molecule has 0 unspecified atom stereocenters. The quantitative estimate of drug-likeness (QED) is 0.756. The Morgan fingerprint density at radius 1 is 1.13 bits per heavy atom. The first-order chi connectivity index (χ1) is 11.2. The highest BCUT2D eigenvalue weighted by Crippen LogP contribution is 2.51. The summed E-state index contributed by atoms with van der Waals surface area (Å²) in [5.74, 6) is 1.74. The lowest BCUT2D eigenvalue weighted by Gasteiger charge is -2.10. The number of hydrogen-bond donors (Lipinski definition) is 0. The van der Waals surface area contributed by atoms with Crippen molar-refractivity contribution in [3.8, 4) is 29.0 Å². The van der Waals surface area contributed by atoms with Gasteiger partial charge >= 0.3 is 6.01 Å². The van der Waals surface area contributed by atoms with E-state index in [1.807, 2.05) is 12.1 Å². The maximum absolute atomic E-state index is 5.33. The Morgan fingerprint density at radius 3 is 2.52 bits per heavy atom. The van der Waals surface area contributed by atoms with Crippen LogP contribution in [0.25, 0.3) is 11.3 Å². The van der Waals surface area contributed by atoms with Crippen molar-refractivity contribution in [2.75, 3.05) is 21.3 Å². The molecular formula is C16H18N4O3. The third kappa shape index (κ3) is 2.81. The van der Waals surface area contributed by atoms with Crippen LogP contribution in [0, 0.1) is 5.92 Å². The van der Waals surface area contributed by atoms with Gasteiger partial charge in [0.15, 0.2) is 0 Å². The summed E-state index contributed by atoms with van der Waals surface area (Å²) >= 11 is 0. The molecule has 7 nitrogen and oxygen atoms in total. The summed E-state index contributed by atoms with van der Waals surface area (Å²) in [6, 6.07) is 2.19. The van der Waals surface area contributed by atoms with Crippen LogP contribution in [0.1, 0.15) is 17.9 Å². The molecule has 7 heteroatoms. The van der Waals surface area contributed by atoms with E-state index in [1.54, 1.807) is 13.3 Å². The predicted molar refractivity (Wildman–Crippen MR) is 83.8 cm³/mol. The lowest BCUT2D eigenvalue weighted by atomic mass is 10.1. The number of aromatic nitrogens is 4. The molecule has 0 N–H and O–H groups in total. The first-order valence-electron chi connectivity index (χ1n) is 7.21. The van der Waals surface area contributed by atoms with Crippen molar-refractivity contribution in [1.29, 1.82) is 0 Å². The van der Waals surface area contributed by atoms with Crippen molar-refractivity contribution >= 4 is 0 Å². The van der Waals surface area contributed by atoms with Crippen molar-refractivity contribution < 1.29 is 14.2 Å². The zero-order valence-electron chi connectivity index (χ0n) is 13.3. The summed E-state index contributed by atoms with van der Waals surface area (Å²) in [6.07, 6.45) is 4.62. The molecule has 1 aliphatic carbocycles. The monoisotopic (exact) mass is 314 g/mol. The van der Waals surface area contributed by atoms with Crippen LogP contribution in [0.5, 0.6) is 17.8 Å². The van der Waals surface area contributed by atoms with E-state index in [1.165, 1.54) is 14.2 Å². The van der Waals surface area contributed by atoms with E-state index in [0.717, 1.165) is 12.0 Å². The smallest absolute Gasteiger partial charge is 0.319 e. The Kier molecular flexibility index (Phi) is 4.10. The second-order valence-electron chi connectivity index (χ2n) is 5.22. The van der Waals surface area contributed by atoms with Gasteiger partial charge in [-0.2, -0.15) is 4.98 Å². The van der Waals surface area contributed by atoms with Gasteiger partial charge in [0.1, 0.15) is 5.69 Å². The largest absolute Gasteiger partial charge is 0.480 e. The molecule has 0 radical (unpaired) electrons. The molecule has 120 valence electrons. The van der Waals surface area contributed by atoms with E-state index in [9.17, 15) is 0 Å². The summed E-state index contributed by atoms with van der Waals surface area (Å²) in [4.78, 5) is 8.30. The first-order valence-corrected chi connectivity index (χ1v) is 7.21. The number of methoxy groups -OCH3 is 3. The number of ether oxygens (including phenoxy) is 3. The van der Waals surface area contributed by atoms with E-state index in [-0.39, 0.29) is 6.01 Å². The Balaban J connectivity index is 2.04. The van der Waals surface area contributed by atoms with E-state index in [0.29, 0.717) is 34.9 Å².